The molecule has 1 atom stereocenters. The van der Waals surface area contributed by atoms with Gasteiger partial charge in [0.15, 0.2) is 11.7 Å². The number of carboxylic acids is 1. The Bertz CT molecular complexity index is 843. The third-order valence-electron chi connectivity index (χ3n) is 3.60. The minimum Gasteiger partial charge on any atom is -0.480 e. The Morgan fingerprint density at radius 1 is 1.16 bits per heavy atom. The first kappa shape index (κ1) is 16.7. The van der Waals surface area contributed by atoms with E-state index in [4.69, 9.17) is 4.74 Å². The highest BCUT2D eigenvalue weighted by molar-refractivity contribution is 5.96. The van der Waals surface area contributed by atoms with E-state index in [-0.39, 0.29) is 18.9 Å². The van der Waals surface area contributed by atoms with Crippen LogP contribution in [0.25, 0.3) is 5.52 Å². The summed E-state index contributed by atoms with van der Waals surface area (Å²) in [6, 6.07) is 15.3. The van der Waals surface area contributed by atoms with E-state index < -0.39 is 17.9 Å². The SMILES string of the molecule is O=C(NC(COCc1ccccc1)C(=O)O)c1cc2ccccn2n1. The van der Waals surface area contributed by atoms with E-state index in [1.165, 1.54) is 0 Å². The number of pyridine rings is 1. The number of aromatic nitrogens is 2. The van der Waals surface area contributed by atoms with Crippen LogP contribution in [0.15, 0.2) is 60.8 Å². The number of aliphatic carboxylic acids is 1. The quantitative estimate of drug-likeness (QED) is 0.684. The van der Waals surface area contributed by atoms with E-state index in [0.717, 1.165) is 11.1 Å². The second-order valence-electron chi connectivity index (χ2n) is 5.46. The number of nitrogens with zero attached hydrogens (tertiary/aromatic N) is 2. The minimum atomic E-state index is -1.16. The average Bonchev–Trinajstić information content (AvgIpc) is 3.06. The van der Waals surface area contributed by atoms with Crippen LogP contribution in [-0.4, -0.2) is 39.2 Å². The first-order chi connectivity index (χ1) is 12.1. The third kappa shape index (κ3) is 4.21. The van der Waals surface area contributed by atoms with Crippen molar-refractivity contribution in [3.63, 3.8) is 0 Å². The molecule has 7 nitrogen and oxygen atoms in total. The largest absolute Gasteiger partial charge is 0.480 e. The van der Waals surface area contributed by atoms with Crippen molar-refractivity contribution in [2.45, 2.75) is 12.6 Å². The van der Waals surface area contributed by atoms with Crippen molar-refractivity contribution in [3.05, 3.63) is 72.1 Å². The van der Waals surface area contributed by atoms with Crippen LogP contribution in [-0.2, 0) is 16.1 Å². The fourth-order valence-corrected chi connectivity index (χ4v) is 2.32. The van der Waals surface area contributed by atoms with Crippen LogP contribution < -0.4 is 5.32 Å². The molecule has 0 radical (unpaired) electrons. The van der Waals surface area contributed by atoms with E-state index >= 15 is 0 Å². The van der Waals surface area contributed by atoms with Crippen LogP contribution in [0.3, 0.4) is 0 Å². The third-order valence-corrected chi connectivity index (χ3v) is 3.60. The summed E-state index contributed by atoms with van der Waals surface area (Å²) in [6.45, 7) is 0.137. The van der Waals surface area contributed by atoms with E-state index in [1.807, 2.05) is 36.4 Å². The van der Waals surface area contributed by atoms with Gasteiger partial charge in [0, 0.05) is 6.20 Å². The molecule has 3 rings (SSSR count). The summed E-state index contributed by atoms with van der Waals surface area (Å²) < 4.78 is 6.97. The van der Waals surface area contributed by atoms with Gasteiger partial charge in [-0.05, 0) is 23.8 Å². The summed E-state index contributed by atoms with van der Waals surface area (Å²) in [7, 11) is 0. The number of hydrogen-bond donors (Lipinski definition) is 2. The monoisotopic (exact) mass is 339 g/mol. The van der Waals surface area contributed by atoms with Crippen molar-refractivity contribution in [1.29, 1.82) is 0 Å². The molecular formula is C18H17N3O4. The zero-order chi connectivity index (χ0) is 17.6. The van der Waals surface area contributed by atoms with Gasteiger partial charge in [0.05, 0.1) is 18.7 Å². The van der Waals surface area contributed by atoms with E-state index in [0.29, 0.717) is 0 Å². The van der Waals surface area contributed by atoms with Gasteiger partial charge in [-0.1, -0.05) is 36.4 Å². The number of carboxylic acid groups (broad SMARTS) is 1. The van der Waals surface area contributed by atoms with Crippen molar-refractivity contribution < 1.29 is 19.4 Å². The molecule has 0 bridgehead atoms. The summed E-state index contributed by atoms with van der Waals surface area (Å²) in [5, 5.41) is 15.9. The molecule has 0 aliphatic carbocycles. The van der Waals surface area contributed by atoms with Crippen molar-refractivity contribution in [2.75, 3.05) is 6.61 Å². The molecule has 1 amide bonds. The molecule has 0 saturated carbocycles. The van der Waals surface area contributed by atoms with Gasteiger partial charge in [0.2, 0.25) is 0 Å². The van der Waals surface area contributed by atoms with E-state index in [1.54, 1.807) is 28.9 Å². The van der Waals surface area contributed by atoms with Crippen molar-refractivity contribution in [1.82, 2.24) is 14.9 Å². The molecule has 0 saturated heterocycles. The molecule has 0 aliphatic heterocycles. The number of hydrogen-bond acceptors (Lipinski definition) is 4. The Morgan fingerprint density at radius 2 is 1.92 bits per heavy atom. The van der Waals surface area contributed by atoms with Crippen molar-refractivity contribution in [3.8, 4) is 0 Å². The van der Waals surface area contributed by atoms with Crippen molar-refractivity contribution >= 4 is 17.4 Å². The number of amides is 1. The van der Waals surface area contributed by atoms with Gasteiger partial charge < -0.3 is 15.2 Å². The van der Waals surface area contributed by atoms with Crippen LogP contribution in [0.4, 0.5) is 0 Å². The van der Waals surface area contributed by atoms with Crippen LogP contribution in [0.2, 0.25) is 0 Å². The molecule has 3 aromatic rings. The topological polar surface area (TPSA) is 92.9 Å². The van der Waals surface area contributed by atoms with Gasteiger partial charge in [-0.15, -0.1) is 0 Å². The number of carbonyl (C=O) groups excluding carboxylic acids is 1. The summed E-state index contributed by atoms with van der Waals surface area (Å²) in [5.41, 5.74) is 1.83. The summed E-state index contributed by atoms with van der Waals surface area (Å²) in [4.78, 5) is 23.6. The fourth-order valence-electron chi connectivity index (χ4n) is 2.32. The number of carbonyl (C=O) groups is 2. The van der Waals surface area contributed by atoms with E-state index in [9.17, 15) is 14.7 Å². The summed E-state index contributed by atoms with van der Waals surface area (Å²) in [5.74, 6) is -1.72. The summed E-state index contributed by atoms with van der Waals surface area (Å²) >= 11 is 0. The Hall–Kier alpha value is -3.19. The Kier molecular flexibility index (Phi) is 5.06. The lowest BCUT2D eigenvalue weighted by atomic mass is 10.2. The smallest absolute Gasteiger partial charge is 0.328 e. The maximum absolute atomic E-state index is 12.3. The van der Waals surface area contributed by atoms with Gasteiger partial charge in [-0.3, -0.25) is 4.79 Å². The van der Waals surface area contributed by atoms with Crippen LogP contribution in [0, 0.1) is 0 Å². The van der Waals surface area contributed by atoms with Gasteiger partial charge in [0.1, 0.15) is 0 Å². The maximum atomic E-state index is 12.3. The van der Waals surface area contributed by atoms with E-state index in [2.05, 4.69) is 10.4 Å². The molecule has 0 aliphatic rings. The molecule has 1 aromatic carbocycles. The molecule has 0 fully saturated rings. The Labute approximate surface area is 143 Å². The normalized spacial score (nSPS) is 12.0. The highest BCUT2D eigenvalue weighted by Crippen LogP contribution is 2.06. The molecule has 2 N–H and O–H groups in total. The number of nitrogens with one attached hydrogen (secondary N) is 1. The van der Waals surface area contributed by atoms with Gasteiger partial charge in [-0.2, -0.15) is 5.10 Å². The number of fused-ring (bicyclic) bond motifs is 1. The highest BCUT2D eigenvalue weighted by Gasteiger charge is 2.22. The lowest BCUT2D eigenvalue weighted by Gasteiger charge is -2.14. The lowest BCUT2D eigenvalue weighted by Crippen LogP contribution is -2.44. The Balaban J connectivity index is 1.60. The molecule has 0 spiro atoms. The van der Waals surface area contributed by atoms with Gasteiger partial charge in [0.25, 0.3) is 5.91 Å². The molecule has 1 unspecified atom stereocenters. The van der Waals surface area contributed by atoms with Gasteiger partial charge >= 0.3 is 5.97 Å². The zero-order valence-electron chi connectivity index (χ0n) is 13.3. The van der Waals surface area contributed by atoms with Crippen molar-refractivity contribution in [2.24, 2.45) is 0 Å². The molecule has 25 heavy (non-hydrogen) atoms. The molecule has 7 heteroatoms. The molecular weight excluding hydrogens is 322 g/mol. The van der Waals surface area contributed by atoms with Crippen LogP contribution >= 0.6 is 0 Å². The number of benzene rings is 1. The van der Waals surface area contributed by atoms with Crippen LogP contribution in [0.1, 0.15) is 16.1 Å². The van der Waals surface area contributed by atoms with Gasteiger partial charge in [-0.25, -0.2) is 9.31 Å². The first-order valence-corrected chi connectivity index (χ1v) is 7.73. The standard InChI is InChI=1S/C18H17N3O4/c22-17(15-10-14-8-4-5-9-21(14)20-15)19-16(18(23)24)12-25-11-13-6-2-1-3-7-13/h1-10,16H,11-12H2,(H,19,22)(H,23,24). The lowest BCUT2D eigenvalue weighted by molar-refractivity contribution is -0.141. The molecule has 2 aromatic heterocycles. The number of ether oxygens (including phenoxy) is 1. The number of rotatable bonds is 7. The second-order valence-corrected chi connectivity index (χ2v) is 5.46. The minimum absolute atomic E-state index is 0.136. The summed E-state index contributed by atoms with van der Waals surface area (Å²) in [6.07, 6.45) is 1.71. The maximum Gasteiger partial charge on any atom is 0.328 e. The second kappa shape index (κ2) is 7.59. The fraction of sp³-hybridized carbons (Fsp3) is 0.167. The molecule has 128 valence electrons. The van der Waals surface area contributed by atoms with Crippen LogP contribution in [0.5, 0.6) is 0 Å². The first-order valence-electron chi connectivity index (χ1n) is 7.73. The predicted octanol–water partition coefficient (Wildman–Crippen LogP) is 1.73. The zero-order valence-corrected chi connectivity index (χ0v) is 13.3. The average molecular weight is 339 g/mol. The molecule has 2 heterocycles. The predicted molar refractivity (Wildman–Crippen MR) is 90.2 cm³/mol. The highest BCUT2D eigenvalue weighted by atomic mass is 16.5. The Morgan fingerprint density at radius 3 is 2.64 bits per heavy atom.